The molecule has 0 spiro atoms. The second-order valence-corrected chi connectivity index (χ2v) is 0.723. The fourth-order valence-electron chi connectivity index (χ4n) is 0.118. The summed E-state index contributed by atoms with van der Waals surface area (Å²) in [7, 11) is 0. The van der Waals surface area contributed by atoms with Crippen LogP contribution in [0.2, 0.25) is 0 Å². The van der Waals surface area contributed by atoms with Crippen molar-refractivity contribution in [2.45, 2.75) is 34.6 Å². The van der Waals surface area contributed by atoms with Gasteiger partial charge < -0.3 is 4.74 Å². The first-order chi connectivity index (χ1) is 4.91. The third-order valence-corrected chi connectivity index (χ3v) is 0.283. The molecule has 0 aliphatic carbocycles. The summed E-state index contributed by atoms with van der Waals surface area (Å²) >= 11 is 0. The van der Waals surface area contributed by atoms with Crippen LogP contribution in [0.25, 0.3) is 0 Å². The van der Waals surface area contributed by atoms with Crippen molar-refractivity contribution in [2.24, 2.45) is 0 Å². The lowest BCUT2D eigenvalue weighted by atomic mass is 10.7. The van der Waals surface area contributed by atoms with Crippen LogP contribution in [-0.2, 0) is 4.74 Å². The molecule has 62 valence electrons. The van der Waals surface area contributed by atoms with E-state index >= 15 is 0 Å². The Labute approximate surface area is 64.4 Å². The molecule has 0 unspecified atom stereocenters. The maximum absolute atomic E-state index is 6.31. The van der Waals surface area contributed by atoms with Crippen LogP contribution in [0.15, 0.2) is 12.3 Å². The Morgan fingerprint density at radius 3 is 1.60 bits per heavy atom. The molecule has 0 rings (SSSR count). The van der Waals surface area contributed by atoms with Crippen LogP contribution in [0.3, 0.4) is 0 Å². The Hall–Kier alpha value is -0.790. The van der Waals surface area contributed by atoms with Crippen molar-refractivity contribution < 1.29 is 4.74 Å². The van der Waals surface area contributed by atoms with Gasteiger partial charge in [-0.1, -0.05) is 33.8 Å². The van der Waals surface area contributed by atoms with Gasteiger partial charge in [-0.05, 0) is 6.92 Å². The molecule has 0 aliphatic heterocycles. The molecule has 0 heterocycles. The van der Waals surface area contributed by atoms with E-state index in [1.807, 2.05) is 34.6 Å². The molecule has 2 heteroatoms. The summed E-state index contributed by atoms with van der Waals surface area (Å²) in [5.74, 6) is 0. The molecule has 10 heavy (non-hydrogen) atoms. The van der Waals surface area contributed by atoms with Gasteiger partial charge in [0.1, 0.15) is 0 Å². The van der Waals surface area contributed by atoms with E-state index in [0.717, 1.165) is 6.40 Å². The van der Waals surface area contributed by atoms with Crippen LogP contribution in [0, 0.1) is 5.41 Å². The van der Waals surface area contributed by atoms with E-state index in [1.165, 1.54) is 6.26 Å². The van der Waals surface area contributed by atoms with Gasteiger partial charge in [-0.3, -0.25) is 5.41 Å². The minimum atomic E-state index is 0.875. The smallest absolute Gasteiger partial charge is 0.172 e. The van der Waals surface area contributed by atoms with Crippen LogP contribution in [0.5, 0.6) is 0 Å². The minimum absolute atomic E-state index is 0.875. The maximum Gasteiger partial charge on any atom is 0.172 e. The first kappa shape index (κ1) is 16.1. The van der Waals surface area contributed by atoms with Gasteiger partial charge in [0.05, 0.1) is 6.26 Å². The minimum Gasteiger partial charge on any atom is -0.454 e. The van der Waals surface area contributed by atoms with Gasteiger partial charge in [-0.15, -0.1) is 0 Å². The van der Waals surface area contributed by atoms with Crippen LogP contribution < -0.4 is 0 Å². The van der Waals surface area contributed by atoms with Gasteiger partial charge >= 0.3 is 0 Å². The van der Waals surface area contributed by atoms with Gasteiger partial charge in [0.25, 0.3) is 0 Å². The molecule has 0 saturated carbocycles. The van der Waals surface area contributed by atoms with Crippen molar-refractivity contribution >= 4 is 6.40 Å². The van der Waals surface area contributed by atoms with Gasteiger partial charge in [-0.25, -0.2) is 0 Å². The topological polar surface area (TPSA) is 33.1 Å². The van der Waals surface area contributed by atoms with Crippen LogP contribution in [0.4, 0.5) is 0 Å². The Bertz CT molecular complexity index is 60.3. The van der Waals surface area contributed by atoms with E-state index < -0.39 is 0 Å². The van der Waals surface area contributed by atoms with Crippen molar-refractivity contribution in [3.8, 4) is 0 Å². The highest BCUT2D eigenvalue weighted by Crippen LogP contribution is 1.66. The molecule has 2 nitrogen and oxygen atoms in total. The largest absolute Gasteiger partial charge is 0.454 e. The summed E-state index contributed by atoms with van der Waals surface area (Å²) in [5.41, 5.74) is 0. The van der Waals surface area contributed by atoms with Crippen LogP contribution >= 0.6 is 0 Å². The summed E-state index contributed by atoms with van der Waals surface area (Å²) < 4.78 is 4.34. The summed E-state index contributed by atoms with van der Waals surface area (Å²) in [5, 5.41) is 6.31. The van der Waals surface area contributed by atoms with Crippen LogP contribution in [0.1, 0.15) is 34.6 Å². The van der Waals surface area contributed by atoms with E-state index in [0.29, 0.717) is 0 Å². The number of hydrogen-bond donors (Lipinski definition) is 1. The van der Waals surface area contributed by atoms with Crippen LogP contribution in [-0.4, -0.2) is 6.40 Å². The molecule has 1 N–H and O–H groups in total. The Balaban J connectivity index is -0.000000105. The van der Waals surface area contributed by atoms with Crippen molar-refractivity contribution in [3.63, 3.8) is 0 Å². The highest BCUT2D eigenvalue weighted by Gasteiger charge is 1.54. The number of rotatable bonds is 2. The molecular weight excluding hydrogens is 126 g/mol. The quantitative estimate of drug-likeness (QED) is 0.361. The summed E-state index contributed by atoms with van der Waals surface area (Å²) in [6.45, 7) is 9.82. The predicted octanol–water partition coefficient (Wildman–Crippen LogP) is 3.20. The lowest BCUT2D eigenvalue weighted by molar-refractivity contribution is 0.489. The van der Waals surface area contributed by atoms with E-state index in [9.17, 15) is 0 Å². The number of allylic oxidation sites excluding steroid dienone is 1. The maximum atomic E-state index is 6.31. The standard InChI is InChI=1S/C4H7NO.2C2H6/c1-2-3-6-4-5;2*1-2/h2-5H,1H3;2*1-2H3/b3-2-,5-4?;;. The lowest BCUT2D eigenvalue weighted by Crippen LogP contribution is -1.67. The highest BCUT2D eigenvalue weighted by atomic mass is 16.5. The first-order valence-corrected chi connectivity index (χ1v) is 3.67. The molecule has 0 aromatic carbocycles. The third-order valence-electron chi connectivity index (χ3n) is 0.283. The van der Waals surface area contributed by atoms with E-state index in [2.05, 4.69) is 4.74 Å². The Kier molecular flexibility index (Phi) is 66.7. The first-order valence-electron chi connectivity index (χ1n) is 3.67. The number of nitrogens with one attached hydrogen (secondary N) is 1. The number of hydrogen-bond acceptors (Lipinski definition) is 2. The van der Waals surface area contributed by atoms with Crippen molar-refractivity contribution in [3.05, 3.63) is 12.3 Å². The second kappa shape index (κ2) is 41.4. The van der Waals surface area contributed by atoms with Gasteiger partial charge in [0, 0.05) is 0 Å². The zero-order valence-electron chi connectivity index (χ0n) is 7.64. The zero-order valence-corrected chi connectivity index (χ0v) is 7.64. The molecule has 0 aromatic rings. The summed E-state index contributed by atoms with van der Waals surface area (Å²) in [4.78, 5) is 0. The average molecular weight is 145 g/mol. The highest BCUT2D eigenvalue weighted by molar-refractivity contribution is 5.41. The molecule has 0 aromatic heterocycles. The van der Waals surface area contributed by atoms with E-state index in [1.54, 1.807) is 6.08 Å². The normalized spacial score (nSPS) is 6.50. The second-order valence-electron chi connectivity index (χ2n) is 0.723. The third kappa shape index (κ3) is 56.9. The summed E-state index contributed by atoms with van der Waals surface area (Å²) in [6.07, 6.45) is 4.03. The molecule has 0 bridgehead atoms. The monoisotopic (exact) mass is 145 g/mol. The summed E-state index contributed by atoms with van der Waals surface area (Å²) in [6, 6.07) is 0. The van der Waals surface area contributed by atoms with Gasteiger partial charge in [0.2, 0.25) is 0 Å². The predicted molar refractivity (Wildman–Crippen MR) is 47.4 cm³/mol. The Morgan fingerprint density at radius 1 is 1.10 bits per heavy atom. The fraction of sp³-hybridized carbons (Fsp3) is 0.625. The van der Waals surface area contributed by atoms with Crippen molar-refractivity contribution in [1.82, 2.24) is 0 Å². The molecular formula is C8H19NO. The molecule has 0 saturated heterocycles. The van der Waals surface area contributed by atoms with Crippen molar-refractivity contribution in [1.29, 1.82) is 5.41 Å². The average Bonchev–Trinajstić information content (AvgIpc) is 2.08. The van der Waals surface area contributed by atoms with Crippen molar-refractivity contribution in [2.75, 3.05) is 0 Å². The lowest BCUT2D eigenvalue weighted by Gasteiger charge is -1.77. The van der Waals surface area contributed by atoms with Gasteiger partial charge in [-0.2, -0.15) is 0 Å². The van der Waals surface area contributed by atoms with E-state index in [-0.39, 0.29) is 0 Å². The Morgan fingerprint density at radius 2 is 1.50 bits per heavy atom. The zero-order chi connectivity index (χ0) is 8.83. The van der Waals surface area contributed by atoms with Gasteiger partial charge in [0.15, 0.2) is 6.40 Å². The molecule has 0 aliphatic rings. The SMILES string of the molecule is C/C=C\OC=N.CC.CC. The van der Waals surface area contributed by atoms with E-state index in [4.69, 9.17) is 5.41 Å². The number of ether oxygens (including phenoxy) is 1. The molecule has 0 atom stereocenters. The fourth-order valence-corrected chi connectivity index (χ4v) is 0.118. The molecule has 0 radical (unpaired) electrons. The molecule has 0 fully saturated rings. The molecule has 0 amide bonds.